The van der Waals surface area contributed by atoms with Crippen LogP contribution in [0.5, 0.6) is 11.5 Å². The van der Waals surface area contributed by atoms with E-state index in [2.05, 4.69) is 22.5 Å². The number of halogens is 1. The lowest BCUT2D eigenvalue weighted by molar-refractivity contribution is -0.385. The fourth-order valence-corrected chi connectivity index (χ4v) is 3.42. The highest BCUT2D eigenvalue weighted by atomic mass is 79.9. The molecule has 0 unspecified atom stereocenters. The van der Waals surface area contributed by atoms with Gasteiger partial charge in [0.1, 0.15) is 11.8 Å². The molecule has 0 N–H and O–H groups in total. The Morgan fingerprint density at radius 2 is 2.14 bits per heavy atom. The van der Waals surface area contributed by atoms with E-state index in [-0.39, 0.29) is 29.3 Å². The number of benzene rings is 1. The highest BCUT2D eigenvalue weighted by molar-refractivity contribution is 9.09. The Hall–Kier alpha value is -2.42. The highest BCUT2D eigenvalue weighted by Gasteiger charge is 2.35. The molecule has 8 nitrogen and oxygen atoms in total. The third kappa shape index (κ3) is 5.09. The van der Waals surface area contributed by atoms with E-state index in [0.717, 1.165) is 30.2 Å². The van der Waals surface area contributed by atoms with E-state index in [0.29, 0.717) is 19.3 Å². The van der Waals surface area contributed by atoms with Crippen LogP contribution in [-0.4, -0.2) is 53.6 Å². The number of unbranched alkanes of at least 4 members (excludes halogenated alkanes) is 2. The Morgan fingerprint density at radius 1 is 1.39 bits per heavy atom. The molecule has 9 heteroatoms. The third-order valence-electron chi connectivity index (χ3n) is 4.45. The van der Waals surface area contributed by atoms with Crippen molar-refractivity contribution in [3.05, 3.63) is 40.0 Å². The summed E-state index contributed by atoms with van der Waals surface area (Å²) in [5.74, 6) is -0.165. The van der Waals surface area contributed by atoms with Gasteiger partial charge in [0, 0.05) is 17.9 Å². The van der Waals surface area contributed by atoms with Gasteiger partial charge in [-0.3, -0.25) is 14.9 Å². The normalized spacial score (nSPS) is 16.1. The van der Waals surface area contributed by atoms with E-state index >= 15 is 0 Å². The van der Waals surface area contributed by atoms with Crippen molar-refractivity contribution in [3.63, 3.8) is 0 Å². The molecule has 1 amide bonds. The van der Waals surface area contributed by atoms with Crippen LogP contribution in [0.4, 0.5) is 5.69 Å². The number of rotatable bonds is 10. The minimum atomic E-state index is -0.670. The van der Waals surface area contributed by atoms with Crippen LogP contribution in [-0.2, 0) is 4.79 Å². The molecule has 1 aliphatic heterocycles. The number of nitrogens with zero attached hydrogens (tertiary/aromatic N) is 2. The summed E-state index contributed by atoms with van der Waals surface area (Å²) in [6.45, 7) is 4.37. The number of hydrogen-bond acceptors (Lipinski definition) is 6. The van der Waals surface area contributed by atoms with Gasteiger partial charge in [0.2, 0.25) is 0 Å². The van der Waals surface area contributed by atoms with Gasteiger partial charge in [-0.05, 0) is 25.7 Å². The van der Waals surface area contributed by atoms with Crippen molar-refractivity contribution in [2.24, 2.45) is 0 Å². The van der Waals surface area contributed by atoms with Gasteiger partial charge >= 0.3 is 0 Å². The summed E-state index contributed by atoms with van der Waals surface area (Å²) < 4.78 is 10.9. The number of methoxy groups -OCH3 is 1. The monoisotopic (exact) mass is 454 g/mol. The molecular weight excluding hydrogens is 432 g/mol. The summed E-state index contributed by atoms with van der Waals surface area (Å²) >= 11 is 3.36. The van der Waals surface area contributed by atoms with Gasteiger partial charge in [0.15, 0.2) is 11.5 Å². The minimum Gasteiger partial charge on any atom is -0.493 e. The Kier molecular flexibility index (Phi) is 7.98. The average molecular weight is 455 g/mol. The number of carbonyl (C=O) groups is 2. The van der Waals surface area contributed by atoms with Crippen molar-refractivity contribution in [1.82, 2.24) is 4.90 Å². The van der Waals surface area contributed by atoms with E-state index < -0.39 is 16.9 Å². The molecule has 0 spiro atoms. The summed E-state index contributed by atoms with van der Waals surface area (Å²) in [5.41, 5.74) is 0.196. The summed E-state index contributed by atoms with van der Waals surface area (Å²) in [7, 11) is 1.40. The number of alkyl halides is 1. The summed E-state index contributed by atoms with van der Waals surface area (Å²) in [6, 6.07) is 1.84. The number of likely N-dealkylation sites (tertiary alicyclic amines) is 1. The van der Waals surface area contributed by atoms with Gasteiger partial charge in [0.25, 0.3) is 11.6 Å². The van der Waals surface area contributed by atoms with Crippen molar-refractivity contribution in [3.8, 4) is 11.5 Å². The Morgan fingerprint density at radius 3 is 2.75 bits per heavy atom. The van der Waals surface area contributed by atoms with E-state index in [1.807, 2.05) is 0 Å². The maximum Gasteiger partial charge on any atom is 0.286 e. The largest absolute Gasteiger partial charge is 0.493 e. The first kappa shape index (κ1) is 21.9. The molecule has 28 heavy (non-hydrogen) atoms. The molecular formula is C19H23BrN2O6. The molecule has 1 atom stereocenters. The van der Waals surface area contributed by atoms with E-state index in [4.69, 9.17) is 9.47 Å². The molecule has 1 saturated heterocycles. The van der Waals surface area contributed by atoms with Crippen LogP contribution in [0, 0.1) is 10.1 Å². The number of carbonyl (C=O) groups excluding carboxylic acids is 2. The molecule has 0 aliphatic carbocycles. The molecule has 0 bridgehead atoms. The molecule has 0 aromatic heterocycles. The average Bonchev–Trinajstić information content (AvgIpc) is 3.07. The molecule has 2 rings (SSSR count). The van der Waals surface area contributed by atoms with Crippen LogP contribution in [0.1, 0.15) is 36.0 Å². The first-order valence-corrected chi connectivity index (χ1v) is 10.0. The fourth-order valence-electron chi connectivity index (χ4n) is 3.03. The Bertz CT molecular complexity index is 767. The molecule has 1 aromatic carbocycles. The van der Waals surface area contributed by atoms with Crippen molar-refractivity contribution in [2.75, 3.05) is 25.6 Å². The van der Waals surface area contributed by atoms with Crippen molar-refractivity contribution in [1.29, 1.82) is 0 Å². The lowest BCUT2D eigenvalue weighted by atomic mass is 10.1. The molecule has 0 saturated carbocycles. The fraction of sp³-hybridized carbons (Fsp3) is 0.474. The number of nitro groups is 1. The molecule has 1 heterocycles. The second-order valence-electron chi connectivity index (χ2n) is 6.47. The summed E-state index contributed by atoms with van der Waals surface area (Å²) in [5, 5.41) is 12.5. The number of ether oxygens (including phenoxy) is 2. The van der Waals surface area contributed by atoms with Gasteiger partial charge in [-0.25, -0.2) is 0 Å². The quantitative estimate of drug-likeness (QED) is 0.134. The van der Waals surface area contributed by atoms with E-state index in [9.17, 15) is 19.7 Å². The van der Waals surface area contributed by atoms with Crippen molar-refractivity contribution >= 4 is 33.8 Å². The van der Waals surface area contributed by atoms with Crippen LogP contribution >= 0.6 is 15.9 Å². The standard InChI is InChI=1S/C19H23BrN2O6/c1-13-8-14(12-23)21(11-13)19(24)15-9-17(27-2)18(10-16(15)22(25)26)28-7-5-3-4-6-20/h9-10,12,14H,1,3-8,11H2,2H3/t14-/m0/s1. The zero-order valence-electron chi connectivity index (χ0n) is 15.7. The van der Waals surface area contributed by atoms with Gasteiger partial charge < -0.3 is 19.2 Å². The maximum absolute atomic E-state index is 12.9. The van der Waals surface area contributed by atoms with Gasteiger partial charge in [-0.2, -0.15) is 0 Å². The van der Waals surface area contributed by atoms with Gasteiger partial charge in [0.05, 0.1) is 30.7 Å². The second kappa shape index (κ2) is 10.2. The number of nitro benzene ring substituents is 1. The van der Waals surface area contributed by atoms with Crippen LogP contribution in [0.25, 0.3) is 0 Å². The highest BCUT2D eigenvalue weighted by Crippen LogP contribution is 2.36. The smallest absolute Gasteiger partial charge is 0.286 e. The van der Waals surface area contributed by atoms with E-state index in [1.165, 1.54) is 24.1 Å². The predicted molar refractivity (Wildman–Crippen MR) is 107 cm³/mol. The maximum atomic E-state index is 12.9. The molecule has 1 fully saturated rings. The molecule has 0 radical (unpaired) electrons. The predicted octanol–water partition coefficient (Wildman–Crippen LogP) is 3.52. The summed E-state index contributed by atoms with van der Waals surface area (Å²) in [4.78, 5) is 36.4. The van der Waals surface area contributed by atoms with Crippen molar-refractivity contribution in [2.45, 2.75) is 31.7 Å². The number of aldehydes is 1. The lowest BCUT2D eigenvalue weighted by Crippen LogP contribution is -2.36. The molecule has 1 aromatic rings. The van der Waals surface area contributed by atoms with Crippen molar-refractivity contribution < 1.29 is 24.0 Å². The Balaban J connectivity index is 2.31. The van der Waals surface area contributed by atoms with Crippen LogP contribution in [0.15, 0.2) is 24.3 Å². The number of amides is 1. The van der Waals surface area contributed by atoms with Crippen LogP contribution in [0.3, 0.4) is 0 Å². The topological polar surface area (TPSA) is 99.0 Å². The zero-order chi connectivity index (χ0) is 20.7. The minimum absolute atomic E-state index is 0.143. The van der Waals surface area contributed by atoms with Crippen LogP contribution < -0.4 is 9.47 Å². The third-order valence-corrected chi connectivity index (χ3v) is 5.02. The SMILES string of the molecule is C=C1C[C@@H](C=O)N(C(=O)c2cc(OC)c(OCCCCCBr)cc2[N+](=O)[O-])C1. The first-order valence-electron chi connectivity index (χ1n) is 8.91. The van der Waals surface area contributed by atoms with Crippen LogP contribution in [0.2, 0.25) is 0 Å². The van der Waals surface area contributed by atoms with Gasteiger partial charge in [-0.15, -0.1) is 0 Å². The lowest BCUT2D eigenvalue weighted by Gasteiger charge is -2.20. The molecule has 1 aliphatic rings. The second-order valence-corrected chi connectivity index (χ2v) is 7.26. The zero-order valence-corrected chi connectivity index (χ0v) is 17.3. The Labute approximate surface area is 171 Å². The molecule has 152 valence electrons. The summed E-state index contributed by atoms with van der Waals surface area (Å²) in [6.07, 6.45) is 3.77. The van der Waals surface area contributed by atoms with E-state index in [1.54, 1.807) is 0 Å². The first-order chi connectivity index (χ1) is 13.4. The number of hydrogen-bond donors (Lipinski definition) is 0. The van der Waals surface area contributed by atoms with Gasteiger partial charge in [-0.1, -0.05) is 28.1 Å².